The maximum Gasteiger partial charge on any atom is 0.244 e. The van der Waals surface area contributed by atoms with E-state index in [0.717, 1.165) is 17.0 Å². The van der Waals surface area contributed by atoms with Gasteiger partial charge >= 0.3 is 0 Å². The fourth-order valence-corrected chi connectivity index (χ4v) is 5.02. The third kappa shape index (κ3) is 8.15. The fourth-order valence-electron chi connectivity index (χ4n) is 3.71. The quantitative estimate of drug-likeness (QED) is 0.386. The largest absolute Gasteiger partial charge is 0.493 e. The lowest BCUT2D eigenvalue weighted by Crippen LogP contribution is -2.52. The normalized spacial score (nSPS) is 12.0. The van der Waals surface area contributed by atoms with Crippen molar-refractivity contribution in [2.24, 2.45) is 0 Å². The highest BCUT2D eigenvalue weighted by Gasteiger charge is 2.32. The molecule has 0 aliphatic carbocycles. The van der Waals surface area contributed by atoms with Gasteiger partial charge in [-0.2, -0.15) is 0 Å². The number of sulfonamides is 1. The highest BCUT2D eigenvalue weighted by atomic mass is 35.5. The van der Waals surface area contributed by atoms with Gasteiger partial charge in [0.15, 0.2) is 11.5 Å². The Morgan fingerprint density at radius 1 is 1.03 bits per heavy atom. The number of nitrogens with one attached hydrogen (secondary N) is 1. The van der Waals surface area contributed by atoms with E-state index >= 15 is 0 Å². The maximum atomic E-state index is 13.7. The van der Waals surface area contributed by atoms with Crippen LogP contribution in [0.5, 0.6) is 11.5 Å². The molecule has 0 heterocycles. The van der Waals surface area contributed by atoms with E-state index in [2.05, 4.69) is 5.32 Å². The highest BCUT2D eigenvalue weighted by Crippen LogP contribution is 2.32. The lowest BCUT2D eigenvalue weighted by atomic mass is 10.1. The van der Waals surface area contributed by atoms with Crippen LogP contribution in [0.15, 0.2) is 36.4 Å². The second kappa shape index (κ2) is 13.7. The zero-order valence-electron chi connectivity index (χ0n) is 21.6. The molecule has 1 N–H and O–H groups in total. The van der Waals surface area contributed by atoms with Crippen molar-refractivity contribution < 1.29 is 27.5 Å². The molecule has 2 aromatic rings. The lowest BCUT2D eigenvalue weighted by molar-refractivity contribution is -0.140. The molecule has 2 aromatic carbocycles. The van der Waals surface area contributed by atoms with Gasteiger partial charge in [0.25, 0.3) is 0 Å². The molecule has 1 atom stereocenters. The van der Waals surface area contributed by atoms with Crippen molar-refractivity contribution in [3.63, 3.8) is 0 Å². The number of benzene rings is 2. The van der Waals surface area contributed by atoms with Gasteiger partial charge < -0.3 is 19.7 Å². The van der Waals surface area contributed by atoms with Crippen LogP contribution in [0.1, 0.15) is 32.3 Å². The van der Waals surface area contributed by atoms with Crippen molar-refractivity contribution in [1.82, 2.24) is 10.2 Å². The van der Waals surface area contributed by atoms with Crippen LogP contribution >= 0.6 is 23.2 Å². The van der Waals surface area contributed by atoms with Crippen molar-refractivity contribution in [2.75, 3.05) is 37.9 Å². The monoisotopic (exact) mass is 573 g/mol. The molecule has 1 unspecified atom stereocenters. The van der Waals surface area contributed by atoms with Crippen molar-refractivity contribution in [1.29, 1.82) is 0 Å². The second-order valence-corrected chi connectivity index (χ2v) is 11.0. The van der Waals surface area contributed by atoms with Crippen LogP contribution in [-0.2, 0) is 26.2 Å². The summed E-state index contributed by atoms with van der Waals surface area (Å²) in [6, 6.07) is 8.54. The van der Waals surface area contributed by atoms with Gasteiger partial charge in [-0.15, -0.1) is 0 Å². The van der Waals surface area contributed by atoms with E-state index in [4.69, 9.17) is 32.7 Å². The van der Waals surface area contributed by atoms with Crippen LogP contribution in [0.2, 0.25) is 10.0 Å². The first-order valence-corrected chi connectivity index (χ1v) is 14.3. The van der Waals surface area contributed by atoms with Crippen LogP contribution in [0.4, 0.5) is 5.69 Å². The minimum absolute atomic E-state index is 0.0174. The summed E-state index contributed by atoms with van der Waals surface area (Å²) in [5.41, 5.74) is 0.777. The number of rotatable bonds is 13. The number of anilines is 1. The molecule has 0 fully saturated rings. The van der Waals surface area contributed by atoms with Gasteiger partial charge in [-0.3, -0.25) is 13.9 Å². The number of carbonyl (C=O) groups is 2. The molecular weight excluding hydrogens is 541 g/mol. The molecule has 2 rings (SSSR count). The van der Waals surface area contributed by atoms with E-state index < -0.39 is 28.5 Å². The number of hydrogen-bond donors (Lipinski definition) is 1. The molecule has 9 nitrogen and oxygen atoms in total. The molecule has 12 heteroatoms. The Morgan fingerprint density at radius 3 is 2.24 bits per heavy atom. The van der Waals surface area contributed by atoms with Gasteiger partial charge in [-0.25, -0.2) is 8.42 Å². The van der Waals surface area contributed by atoms with E-state index in [1.807, 2.05) is 6.92 Å². The predicted octanol–water partition coefficient (Wildman–Crippen LogP) is 4.11. The number of halogens is 2. The van der Waals surface area contributed by atoms with Gasteiger partial charge in [0, 0.05) is 29.2 Å². The topological polar surface area (TPSA) is 105 Å². The van der Waals surface area contributed by atoms with Crippen molar-refractivity contribution >= 4 is 50.7 Å². The summed E-state index contributed by atoms with van der Waals surface area (Å²) in [4.78, 5) is 28.1. The Labute approximate surface area is 228 Å². The summed E-state index contributed by atoms with van der Waals surface area (Å²) in [5.74, 6) is -0.204. The number of nitrogens with zero attached hydrogens (tertiary/aromatic N) is 2. The minimum atomic E-state index is -3.90. The van der Waals surface area contributed by atoms with Gasteiger partial charge in [0.05, 0.1) is 26.2 Å². The smallest absolute Gasteiger partial charge is 0.244 e. The summed E-state index contributed by atoms with van der Waals surface area (Å²) in [6.45, 7) is 3.58. The number of ether oxygens (including phenoxy) is 2. The zero-order chi connectivity index (χ0) is 27.8. The number of carbonyl (C=O) groups excluding carboxylic acids is 2. The predicted molar refractivity (Wildman–Crippen MR) is 146 cm³/mol. The summed E-state index contributed by atoms with van der Waals surface area (Å²) < 4.78 is 37.0. The first-order valence-electron chi connectivity index (χ1n) is 11.7. The minimum Gasteiger partial charge on any atom is -0.493 e. The molecule has 204 valence electrons. The molecule has 0 radical (unpaired) electrons. The van der Waals surface area contributed by atoms with Crippen molar-refractivity contribution in [2.45, 2.75) is 39.3 Å². The summed E-state index contributed by atoms with van der Waals surface area (Å²) >= 11 is 12.4. The van der Waals surface area contributed by atoms with Gasteiger partial charge in [-0.1, -0.05) is 43.1 Å². The SMILES string of the molecule is CCCNC(=O)C(CC)N(Cc1ccc(Cl)cc1Cl)C(=O)CN(c1ccc(OC)c(OC)c1)S(C)(=O)=O. The summed E-state index contributed by atoms with van der Waals surface area (Å²) in [5, 5.41) is 3.58. The average molecular weight is 575 g/mol. The molecule has 2 amide bonds. The van der Waals surface area contributed by atoms with Gasteiger partial charge in [-0.05, 0) is 42.7 Å². The number of hydrogen-bond acceptors (Lipinski definition) is 6. The first kappa shape index (κ1) is 30.5. The molecule has 0 aliphatic rings. The van der Waals surface area contributed by atoms with E-state index in [1.54, 1.807) is 31.2 Å². The summed E-state index contributed by atoms with van der Waals surface area (Å²) in [7, 11) is -1.01. The molecule has 0 bridgehead atoms. The Bertz CT molecular complexity index is 1210. The van der Waals surface area contributed by atoms with Crippen LogP contribution in [0, 0.1) is 0 Å². The Hall–Kier alpha value is -2.69. The van der Waals surface area contributed by atoms with Crippen molar-refractivity contribution in [3.8, 4) is 11.5 Å². The maximum absolute atomic E-state index is 13.7. The van der Waals surface area contributed by atoms with Crippen LogP contribution < -0.4 is 19.1 Å². The fraction of sp³-hybridized carbons (Fsp3) is 0.440. The molecule has 0 spiro atoms. The Balaban J connectivity index is 2.50. The van der Waals surface area contributed by atoms with Gasteiger partial charge in [0.1, 0.15) is 12.6 Å². The van der Waals surface area contributed by atoms with Crippen LogP contribution in [-0.4, -0.2) is 64.7 Å². The lowest BCUT2D eigenvalue weighted by Gasteiger charge is -2.33. The number of amides is 2. The molecule has 0 aliphatic heterocycles. The Kier molecular flexibility index (Phi) is 11.3. The Morgan fingerprint density at radius 2 is 1.70 bits per heavy atom. The molecule has 37 heavy (non-hydrogen) atoms. The van der Waals surface area contributed by atoms with Crippen LogP contribution in [0.25, 0.3) is 0 Å². The standard InChI is InChI=1S/C25H33Cl2N3O6S/c1-6-12-28-25(32)21(7-2)29(15-17-8-9-18(26)13-20(17)27)24(31)16-30(37(5,33)34)19-10-11-22(35-3)23(14-19)36-4/h8-11,13-14,21H,6-7,12,15-16H2,1-5H3,(H,28,32). The van der Waals surface area contributed by atoms with Crippen molar-refractivity contribution in [3.05, 3.63) is 52.0 Å². The molecule has 0 saturated carbocycles. The van der Waals surface area contributed by atoms with E-state index in [0.29, 0.717) is 40.1 Å². The molecule has 0 aromatic heterocycles. The molecular formula is C25H33Cl2N3O6S. The first-order chi connectivity index (χ1) is 17.5. The zero-order valence-corrected chi connectivity index (χ0v) is 23.9. The van der Waals surface area contributed by atoms with E-state index in [-0.39, 0.29) is 18.1 Å². The average Bonchev–Trinajstić information content (AvgIpc) is 2.85. The second-order valence-electron chi connectivity index (χ2n) is 8.28. The van der Waals surface area contributed by atoms with Crippen LogP contribution in [0.3, 0.4) is 0 Å². The summed E-state index contributed by atoms with van der Waals surface area (Å²) in [6.07, 6.45) is 2.03. The molecule has 0 saturated heterocycles. The van der Waals surface area contributed by atoms with E-state index in [9.17, 15) is 18.0 Å². The third-order valence-electron chi connectivity index (χ3n) is 5.63. The van der Waals surface area contributed by atoms with Gasteiger partial charge in [0.2, 0.25) is 21.8 Å². The van der Waals surface area contributed by atoms with E-state index in [1.165, 1.54) is 31.3 Å². The highest BCUT2D eigenvalue weighted by molar-refractivity contribution is 7.92. The number of methoxy groups -OCH3 is 2. The third-order valence-corrected chi connectivity index (χ3v) is 7.35.